The Balaban J connectivity index is 2.10. The summed E-state index contributed by atoms with van der Waals surface area (Å²) in [6.45, 7) is -0.544. The van der Waals surface area contributed by atoms with Gasteiger partial charge in [-0.15, -0.1) is 0 Å². The summed E-state index contributed by atoms with van der Waals surface area (Å²) in [5.41, 5.74) is 0.0813. The Hall–Kier alpha value is -1.84. The van der Waals surface area contributed by atoms with E-state index in [1.54, 1.807) is 0 Å². The van der Waals surface area contributed by atoms with Crippen molar-refractivity contribution in [3.63, 3.8) is 0 Å². The van der Waals surface area contributed by atoms with Crippen molar-refractivity contribution in [3.8, 4) is 5.88 Å². The van der Waals surface area contributed by atoms with Gasteiger partial charge in [-0.25, -0.2) is 18.7 Å². The Bertz CT molecular complexity index is 665. The minimum absolute atomic E-state index is 0.00209. The van der Waals surface area contributed by atoms with Crippen LogP contribution >= 0.6 is 0 Å². The zero-order chi connectivity index (χ0) is 15.1. The number of aliphatic hydroxyl groups excluding tert-OH is 2. The lowest BCUT2D eigenvalue weighted by Gasteiger charge is -2.15. The van der Waals surface area contributed by atoms with E-state index in [1.807, 2.05) is 0 Å². The van der Waals surface area contributed by atoms with Crippen LogP contribution in [-0.4, -0.2) is 56.8 Å². The van der Waals surface area contributed by atoms with E-state index in [0.29, 0.717) is 0 Å². The number of rotatable bonds is 3. The first-order valence-corrected chi connectivity index (χ1v) is 6.22. The number of hydrogen-bond donors (Lipinski definition) is 2. The molecule has 7 nitrogen and oxygen atoms in total. The molecule has 0 amide bonds. The first-order valence-electron chi connectivity index (χ1n) is 6.22. The van der Waals surface area contributed by atoms with Gasteiger partial charge >= 0.3 is 0 Å². The molecule has 1 saturated heterocycles. The van der Waals surface area contributed by atoms with Crippen molar-refractivity contribution in [2.75, 3.05) is 13.7 Å². The molecule has 3 heterocycles. The highest BCUT2D eigenvalue weighted by molar-refractivity contribution is 5.82. The maximum absolute atomic E-state index is 14.1. The van der Waals surface area contributed by atoms with E-state index in [1.165, 1.54) is 7.11 Å². The van der Waals surface area contributed by atoms with E-state index in [2.05, 4.69) is 9.97 Å². The zero-order valence-electron chi connectivity index (χ0n) is 11.0. The smallest absolute Gasteiger partial charge is 0.228 e. The Morgan fingerprint density at radius 3 is 2.86 bits per heavy atom. The van der Waals surface area contributed by atoms with Gasteiger partial charge < -0.3 is 19.7 Å². The average Bonchev–Trinajstić information content (AvgIpc) is 2.98. The predicted octanol–water partition coefficient (Wildman–Crippen LogP) is 0.168. The van der Waals surface area contributed by atoms with Crippen molar-refractivity contribution in [1.82, 2.24) is 14.5 Å². The summed E-state index contributed by atoms with van der Waals surface area (Å²) in [5, 5.41) is 18.7. The lowest BCUT2D eigenvalue weighted by atomic mass is 10.1. The molecular weight excluding hydrogens is 288 g/mol. The summed E-state index contributed by atoms with van der Waals surface area (Å²) in [7, 11) is 1.33. The molecule has 1 fully saturated rings. The van der Waals surface area contributed by atoms with Crippen LogP contribution in [0.5, 0.6) is 5.88 Å². The summed E-state index contributed by atoms with van der Waals surface area (Å²) in [6, 6.07) is 0. The minimum atomic E-state index is -1.82. The molecule has 2 N–H and O–H groups in total. The molecule has 2 aromatic rings. The molecular formula is C12H13F2N3O4. The average molecular weight is 301 g/mol. The molecule has 0 radical (unpaired) electrons. The third kappa shape index (κ3) is 2.04. The van der Waals surface area contributed by atoms with Crippen LogP contribution in [0.3, 0.4) is 0 Å². The highest BCUT2D eigenvalue weighted by Gasteiger charge is 2.45. The topological polar surface area (TPSA) is 89.6 Å². The highest BCUT2D eigenvalue weighted by Crippen LogP contribution is 2.36. The van der Waals surface area contributed by atoms with Crippen LogP contribution in [0.2, 0.25) is 0 Å². The van der Waals surface area contributed by atoms with Crippen LogP contribution in [0.1, 0.15) is 6.23 Å². The molecule has 114 valence electrons. The van der Waals surface area contributed by atoms with E-state index < -0.39 is 37.0 Å². The van der Waals surface area contributed by atoms with E-state index in [-0.39, 0.29) is 16.9 Å². The van der Waals surface area contributed by atoms with E-state index in [4.69, 9.17) is 14.6 Å². The van der Waals surface area contributed by atoms with Crippen molar-refractivity contribution < 1.29 is 28.5 Å². The lowest BCUT2D eigenvalue weighted by molar-refractivity contribution is -0.0459. The fourth-order valence-corrected chi connectivity index (χ4v) is 2.44. The molecule has 0 saturated carbocycles. The predicted molar refractivity (Wildman–Crippen MR) is 65.9 cm³/mol. The number of ether oxygens (including phenoxy) is 2. The standard InChI is InChI=1S/C12H13F2N3O4/c1-20-11-7-5(13)2-17(10(7)15-4-16-11)12-8(14)9(19)6(3-18)21-12/h2,4,6,8-9,12,18-19H,3H2,1H3/t6-,8+,9?,12-/m1/s1. The number of aliphatic hydroxyl groups is 2. The Kier molecular flexibility index (Phi) is 3.47. The van der Waals surface area contributed by atoms with Gasteiger partial charge in [0.15, 0.2) is 23.9 Å². The van der Waals surface area contributed by atoms with Crippen molar-refractivity contribution in [2.24, 2.45) is 0 Å². The molecule has 4 atom stereocenters. The molecule has 1 aliphatic heterocycles. The monoisotopic (exact) mass is 301 g/mol. The largest absolute Gasteiger partial charge is 0.480 e. The van der Waals surface area contributed by atoms with Crippen molar-refractivity contribution >= 4 is 11.0 Å². The summed E-state index contributed by atoms with van der Waals surface area (Å²) >= 11 is 0. The number of fused-ring (bicyclic) bond motifs is 1. The van der Waals surface area contributed by atoms with Gasteiger partial charge in [0.2, 0.25) is 5.88 Å². The summed E-state index contributed by atoms with van der Waals surface area (Å²) < 4.78 is 39.5. The van der Waals surface area contributed by atoms with E-state index in [9.17, 15) is 13.9 Å². The van der Waals surface area contributed by atoms with Crippen LogP contribution in [0.4, 0.5) is 8.78 Å². The summed E-state index contributed by atoms with van der Waals surface area (Å²) in [4.78, 5) is 7.69. The van der Waals surface area contributed by atoms with Crippen molar-refractivity contribution in [2.45, 2.75) is 24.6 Å². The second-order valence-corrected chi connectivity index (χ2v) is 4.65. The van der Waals surface area contributed by atoms with E-state index >= 15 is 0 Å². The molecule has 0 spiro atoms. The number of aromatic nitrogens is 3. The highest BCUT2D eigenvalue weighted by atomic mass is 19.1. The number of methoxy groups -OCH3 is 1. The minimum Gasteiger partial charge on any atom is -0.480 e. The van der Waals surface area contributed by atoms with Crippen molar-refractivity contribution in [3.05, 3.63) is 18.3 Å². The van der Waals surface area contributed by atoms with Gasteiger partial charge in [0.1, 0.15) is 23.9 Å². The second kappa shape index (κ2) is 5.17. The van der Waals surface area contributed by atoms with E-state index in [0.717, 1.165) is 17.1 Å². The molecule has 2 aromatic heterocycles. The van der Waals surface area contributed by atoms with Crippen LogP contribution in [0, 0.1) is 5.82 Å². The van der Waals surface area contributed by atoms with Crippen molar-refractivity contribution in [1.29, 1.82) is 0 Å². The molecule has 0 aliphatic carbocycles. The van der Waals surface area contributed by atoms with Crippen LogP contribution in [0.15, 0.2) is 12.5 Å². The maximum atomic E-state index is 14.1. The Morgan fingerprint density at radius 1 is 1.48 bits per heavy atom. The Labute approximate surface area is 117 Å². The SMILES string of the molecule is COc1ncnc2c1c(F)cn2[C@@H]1O[C@H](CO)C(O)[C@@H]1F. The van der Waals surface area contributed by atoms with Gasteiger partial charge in [-0.2, -0.15) is 0 Å². The molecule has 1 aliphatic rings. The van der Waals surface area contributed by atoms with Crippen LogP contribution < -0.4 is 4.74 Å². The van der Waals surface area contributed by atoms with Gasteiger partial charge in [-0.05, 0) is 0 Å². The molecule has 1 unspecified atom stereocenters. The summed E-state index contributed by atoms with van der Waals surface area (Å²) in [6.07, 6.45) is -3.52. The van der Waals surface area contributed by atoms with Crippen LogP contribution in [-0.2, 0) is 4.74 Å². The third-order valence-electron chi connectivity index (χ3n) is 3.47. The molecule has 21 heavy (non-hydrogen) atoms. The van der Waals surface area contributed by atoms with Gasteiger partial charge in [-0.1, -0.05) is 0 Å². The molecule has 0 bridgehead atoms. The van der Waals surface area contributed by atoms with Gasteiger partial charge in [-0.3, -0.25) is 4.57 Å². The third-order valence-corrected chi connectivity index (χ3v) is 3.47. The van der Waals surface area contributed by atoms with Gasteiger partial charge in [0.25, 0.3) is 0 Å². The zero-order valence-corrected chi connectivity index (χ0v) is 11.0. The molecule has 3 rings (SSSR count). The lowest BCUT2D eigenvalue weighted by Crippen LogP contribution is -2.30. The van der Waals surface area contributed by atoms with Gasteiger partial charge in [0, 0.05) is 6.20 Å². The molecule has 9 heteroatoms. The maximum Gasteiger partial charge on any atom is 0.228 e. The number of alkyl halides is 1. The Morgan fingerprint density at radius 2 is 2.24 bits per heavy atom. The number of hydrogen-bond acceptors (Lipinski definition) is 6. The summed E-state index contributed by atoms with van der Waals surface area (Å²) in [5.74, 6) is -0.677. The van der Waals surface area contributed by atoms with Crippen LogP contribution in [0.25, 0.3) is 11.0 Å². The fourth-order valence-electron chi connectivity index (χ4n) is 2.44. The quantitative estimate of drug-likeness (QED) is 0.840. The van der Waals surface area contributed by atoms with Gasteiger partial charge in [0.05, 0.1) is 13.7 Å². The number of nitrogens with zero attached hydrogens (tertiary/aromatic N) is 3. The molecule has 0 aromatic carbocycles. The fraction of sp³-hybridized carbons (Fsp3) is 0.500. The normalized spacial score (nSPS) is 29.2. The first kappa shape index (κ1) is 14.1. The first-order chi connectivity index (χ1) is 10.1. The second-order valence-electron chi connectivity index (χ2n) is 4.65. The number of halogens is 2.